The van der Waals surface area contributed by atoms with E-state index in [4.69, 9.17) is 5.11 Å². The number of carboxylic acid groups (broad SMARTS) is 1. The van der Waals surface area contributed by atoms with Crippen molar-refractivity contribution in [2.24, 2.45) is 0 Å². The van der Waals surface area contributed by atoms with Gasteiger partial charge in [0, 0.05) is 20.7 Å². The fourth-order valence-corrected chi connectivity index (χ4v) is 1.21. The zero-order valence-corrected chi connectivity index (χ0v) is 11.4. The molecule has 0 spiro atoms. The molecule has 0 aromatic carbocycles. The van der Waals surface area contributed by atoms with Crippen molar-refractivity contribution in [1.82, 2.24) is 15.5 Å². The van der Waals surface area contributed by atoms with Crippen molar-refractivity contribution >= 4 is 17.9 Å². The summed E-state index contributed by atoms with van der Waals surface area (Å²) in [6, 6.07) is -1.78. The van der Waals surface area contributed by atoms with Gasteiger partial charge in [0.15, 0.2) is 6.04 Å². The van der Waals surface area contributed by atoms with Crippen molar-refractivity contribution in [1.29, 1.82) is 0 Å². The SMILES string of the molecule is CCCNC(=O)CN(C)C(=O)NC(COC)C(=O)O. The third-order valence-electron chi connectivity index (χ3n) is 2.23. The Kier molecular flexibility index (Phi) is 8.27. The van der Waals surface area contributed by atoms with Crippen LogP contribution in [0.15, 0.2) is 0 Å². The number of aliphatic carboxylic acids is 1. The number of hydrogen-bond donors (Lipinski definition) is 3. The van der Waals surface area contributed by atoms with E-state index in [1.807, 2.05) is 6.92 Å². The standard InChI is InChI=1S/C11H21N3O5/c1-4-5-12-9(15)6-14(2)11(18)13-8(7-19-3)10(16)17/h8H,4-7H2,1-3H3,(H,12,15)(H,13,18)(H,16,17). The second-order valence-electron chi connectivity index (χ2n) is 4.00. The van der Waals surface area contributed by atoms with Crippen LogP contribution >= 0.6 is 0 Å². The molecule has 0 heterocycles. The molecule has 0 saturated heterocycles. The molecular formula is C11H21N3O5. The number of carboxylic acids is 1. The molecule has 8 nitrogen and oxygen atoms in total. The van der Waals surface area contributed by atoms with Crippen LogP contribution in [-0.4, -0.2) is 67.8 Å². The largest absolute Gasteiger partial charge is 0.480 e. The second-order valence-corrected chi connectivity index (χ2v) is 4.00. The van der Waals surface area contributed by atoms with Gasteiger partial charge < -0.3 is 25.4 Å². The van der Waals surface area contributed by atoms with Gasteiger partial charge in [-0.3, -0.25) is 4.79 Å². The molecule has 0 aliphatic heterocycles. The van der Waals surface area contributed by atoms with Crippen LogP contribution in [0.2, 0.25) is 0 Å². The van der Waals surface area contributed by atoms with Crippen molar-refractivity contribution in [3.05, 3.63) is 0 Å². The summed E-state index contributed by atoms with van der Waals surface area (Å²) in [5.41, 5.74) is 0. The Balaban J connectivity index is 4.24. The van der Waals surface area contributed by atoms with E-state index in [-0.39, 0.29) is 19.1 Å². The highest BCUT2D eigenvalue weighted by atomic mass is 16.5. The number of methoxy groups -OCH3 is 1. The monoisotopic (exact) mass is 275 g/mol. The summed E-state index contributed by atoms with van der Waals surface area (Å²) >= 11 is 0. The summed E-state index contributed by atoms with van der Waals surface area (Å²) in [6.45, 7) is 2.18. The first kappa shape index (κ1) is 17.2. The van der Waals surface area contributed by atoms with Gasteiger partial charge in [-0.2, -0.15) is 0 Å². The predicted octanol–water partition coefficient (Wildman–Crippen LogP) is -0.746. The summed E-state index contributed by atoms with van der Waals surface area (Å²) in [7, 11) is 2.75. The molecule has 0 bridgehead atoms. The zero-order valence-electron chi connectivity index (χ0n) is 11.4. The van der Waals surface area contributed by atoms with Crippen molar-refractivity contribution in [3.63, 3.8) is 0 Å². The van der Waals surface area contributed by atoms with Crippen LogP contribution in [0.1, 0.15) is 13.3 Å². The van der Waals surface area contributed by atoms with E-state index in [0.717, 1.165) is 11.3 Å². The van der Waals surface area contributed by atoms with Gasteiger partial charge in [-0.25, -0.2) is 9.59 Å². The molecular weight excluding hydrogens is 254 g/mol. The highest BCUT2D eigenvalue weighted by molar-refractivity contribution is 5.86. The van der Waals surface area contributed by atoms with Crippen LogP contribution < -0.4 is 10.6 Å². The topological polar surface area (TPSA) is 108 Å². The summed E-state index contributed by atoms with van der Waals surface area (Å²) < 4.78 is 4.69. The van der Waals surface area contributed by atoms with Gasteiger partial charge in [0.05, 0.1) is 6.61 Å². The Morgan fingerprint density at radius 1 is 1.37 bits per heavy atom. The number of ether oxygens (including phenoxy) is 1. The van der Waals surface area contributed by atoms with Gasteiger partial charge in [-0.15, -0.1) is 0 Å². The van der Waals surface area contributed by atoms with E-state index >= 15 is 0 Å². The maximum Gasteiger partial charge on any atom is 0.328 e. The second kappa shape index (κ2) is 9.15. The first-order valence-electron chi connectivity index (χ1n) is 5.92. The predicted molar refractivity (Wildman–Crippen MR) is 67.8 cm³/mol. The lowest BCUT2D eigenvalue weighted by atomic mass is 10.3. The zero-order chi connectivity index (χ0) is 14.8. The van der Waals surface area contributed by atoms with Crippen molar-refractivity contribution < 1.29 is 24.2 Å². The van der Waals surface area contributed by atoms with E-state index in [9.17, 15) is 14.4 Å². The van der Waals surface area contributed by atoms with Gasteiger partial charge in [0.1, 0.15) is 6.54 Å². The van der Waals surface area contributed by atoms with Crippen molar-refractivity contribution in [2.75, 3.05) is 33.9 Å². The van der Waals surface area contributed by atoms with Crippen LogP contribution in [0.4, 0.5) is 4.79 Å². The lowest BCUT2D eigenvalue weighted by Crippen LogP contribution is -2.50. The third-order valence-corrected chi connectivity index (χ3v) is 2.23. The molecule has 0 radical (unpaired) electrons. The first-order valence-corrected chi connectivity index (χ1v) is 5.92. The minimum atomic E-state index is -1.20. The van der Waals surface area contributed by atoms with E-state index < -0.39 is 18.0 Å². The molecule has 0 rings (SSSR count). The third kappa shape index (κ3) is 7.24. The lowest BCUT2D eigenvalue weighted by molar-refractivity contribution is -0.140. The van der Waals surface area contributed by atoms with Gasteiger partial charge in [0.2, 0.25) is 5.91 Å². The normalized spacial score (nSPS) is 11.5. The van der Waals surface area contributed by atoms with Gasteiger partial charge >= 0.3 is 12.0 Å². The van der Waals surface area contributed by atoms with Crippen molar-refractivity contribution in [2.45, 2.75) is 19.4 Å². The molecule has 1 atom stereocenters. The number of carbonyl (C=O) groups excluding carboxylic acids is 2. The summed E-state index contributed by atoms with van der Waals surface area (Å²) in [6.07, 6.45) is 0.802. The van der Waals surface area contributed by atoms with Crippen molar-refractivity contribution in [3.8, 4) is 0 Å². The van der Waals surface area contributed by atoms with Crippen LogP contribution in [0.5, 0.6) is 0 Å². The highest BCUT2D eigenvalue weighted by Gasteiger charge is 2.22. The molecule has 3 amide bonds. The Hall–Kier alpha value is -1.83. The fraction of sp³-hybridized carbons (Fsp3) is 0.727. The lowest BCUT2D eigenvalue weighted by Gasteiger charge is -2.20. The Morgan fingerprint density at radius 3 is 2.47 bits per heavy atom. The Morgan fingerprint density at radius 2 is 2.00 bits per heavy atom. The number of urea groups is 1. The molecule has 0 aromatic heterocycles. The number of likely N-dealkylation sites (N-methyl/N-ethyl adjacent to an activating group) is 1. The maximum absolute atomic E-state index is 11.7. The molecule has 1 unspecified atom stereocenters. The minimum absolute atomic E-state index is 0.134. The van der Waals surface area contributed by atoms with E-state index in [0.29, 0.717) is 6.54 Å². The number of nitrogens with zero attached hydrogens (tertiary/aromatic N) is 1. The Bertz CT molecular complexity index is 321. The smallest absolute Gasteiger partial charge is 0.328 e. The highest BCUT2D eigenvalue weighted by Crippen LogP contribution is 1.91. The Labute approximate surface area is 112 Å². The summed E-state index contributed by atoms with van der Waals surface area (Å²) in [5, 5.41) is 13.7. The van der Waals surface area contributed by atoms with Crippen LogP contribution in [0, 0.1) is 0 Å². The number of carbonyl (C=O) groups is 3. The van der Waals surface area contributed by atoms with E-state index in [2.05, 4.69) is 15.4 Å². The maximum atomic E-state index is 11.7. The molecule has 19 heavy (non-hydrogen) atoms. The quantitative estimate of drug-likeness (QED) is 0.540. The summed E-state index contributed by atoms with van der Waals surface area (Å²) in [5.74, 6) is -1.49. The molecule has 0 fully saturated rings. The number of amides is 3. The van der Waals surface area contributed by atoms with Crippen LogP contribution in [0.25, 0.3) is 0 Å². The van der Waals surface area contributed by atoms with Crippen LogP contribution in [-0.2, 0) is 14.3 Å². The van der Waals surface area contributed by atoms with Gasteiger partial charge in [-0.1, -0.05) is 6.92 Å². The molecule has 0 aliphatic carbocycles. The van der Waals surface area contributed by atoms with E-state index in [1.54, 1.807) is 0 Å². The fourth-order valence-electron chi connectivity index (χ4n) is 1.21. The average molecular weight is 275 g/mol. The van der Waals surface area contributed by atoms with E-state index in [1.165, 1.54) is 14.2 Å². The first-order chi connectivity index (χ1) is 8.92. The van der Waals surface area contributed by atoms with Crippen LogP contribution in [0.3, 0.4) is 0 Å². The molecule has 3 N–H and O–H groups in total. The van der Waals surface area contributed by atoms with Gasteiger partial charge in [0.25, 0.3) is 0 Å². The average Bonchev–Trinajstić information content (AvgIpc) is 2.35. The molecule has 0 aliphatic rings. The number of nitrogens with one attached hydrogen (secondary N) is 2. The number of hydrogen-bond acceptors (Lipinski definition) is 4. The molecule has 110 valence electrons. The molecule has 8 heteroatoms. The number of rotatable bonds is 8. The molecule has 0 saturated carbocycles. The molecule has 0 aromatic rings. The van der Waals surface area contributed by atoms with Gasteiger partial charge in [-0.05, 0) is 6.42 Å². The summed E-state index contributed by atoms with van der Waals surface area (Å²) in [4.78, 5) is 35.0. The minimum Gasteiger partial charge on any atom is -0.480 e.